The van der Waals surface area contributed by atoms with Gasteiger partial charge in [0.05, 0.1) is 35.9 Å². The minimum Gasteiger partial charge on any atom is -0.481 e. The molecule has 0 saturated heterocycles. The normalized spacial score (nSPS) is 22.2. The molecule has 0 radical (unpaired) electrons. The van der Waals surface area contributed by atoms with Crippen molar-refractivity contribution >= 4 is 28.8 Å². The molecule has 9 heteroatoms. The Kier molecular flexibility index (Phi) is 7.38. The molecule has 0 bridgehead atoms. The first kappa shape index (κ1) is 26.2. The van der Waals surface area contributed by atoms with E-state index in [0.29, 0.717) is 11.4 Å². The lowest BCUT2D eigenvalue weighted by molar-refractivity contribution is -0.138. The molecule has 2 aliphatic rings. The number of nitrogens with zero attached hydrogens (tertiary/aromatic N) is 3. The van der Waals surface area contributed by atoms with Gasteiger partial charge in [0.1, 0.15) is 11.6 Å². The summed E-state index contributed by atoms with van der Waals surface area (Å²) < 4.78 is 26.9. The summed E-state index contributed by atoms with van der Waals surface area (Å²) in [5.41, 5.74) is 3.88. The Morgan fingerprint density at radius 1 is 1.13 bits per heavy atom. The summed E-state index contributed by atoms with van der Waals surface area (Å²) in [5, 5.41) is 10.1. The maximum absolute atomic E-state index is 14.0. The molecule has 1 aliphatic carbocycles. The Hall–Kier alpha value is -3.46. The van der Waals surface area contributed by atoms with Crippen LogP contribution in [0.2, 0.25) is 0 Å². The van der Waals surface area contributed by atoms with E-state index in [1.807, 2.05) is 19.1 Å². The number of carboxylic acids is 1. The second kappa shape index (κ2) is 10.7. The van der Waals surface area contributed by atoms with Crippen molar-refractivity contribution in [2.45, 2.75) is 76.0 Å². The molecule has 1 fully saturated rings. The summed E-state index contributed by atoms with van der Waals surface area (Å²) in [5.74, 6) is -1.77. The molecule has 1 N–H and O–H groups in total. The van der Waals surface area contributed by atoms with E-state index in [-0.39, 0.29) is 24.6 Å². The molecule has 1 aromatic heterocycles. The number of rotatable bonds is 6. The number of ether oxygens (including phenoxy) is 2. The Balaban J connectivity index is 1.63. The number of imidazole rings is 1. The number of carboxylic acid groups (broad SMARTS) is 1. The molecule has 1 saturated carbocycles. The second-order valence-electron chi connectivity index (χ2n) is 10.4. The van der Waals surface area contributed by atoms with Gasteiger partial charge in [0.2, 0.25) is 0 Å². The van der Waals surface area contributed by atoms with Gasteiger partial charge in [0.25, 0.3) is 0 Å². The van der Waals surface area contributed by atoms with Crippen LogP contribution in [0.1, 0.15) is 67.9 Å². The molecule has 5 rings (SSSR count). The third-order valence-corrected chi connectivity index (χ3v) is 8.18. The highest BCUT2D eigenvalue weighted by molar-refractivity contribution is 5.95. The maximum Gasteiger partial charge on any atom is 0.414 e. The third-order valence-electron chi connectivity index (χ3n) is 8.18. The van der Waals surface area contributed by atoms with Crippen molar-refractivity contribution in [2.24, 2.45) is 0 Å². The van der Waals surface area contributed by atoms with Gasteiger partial charge in [-0.3, -0.25) is 9.69 Å². The van der Waals surface area contributed by atoms with E-state index in [2.05, 4.69) is 4.57 Å². The van der Waals surface area contributed by atoms with Crippen LogP contribution < -0.4 is 4.90 Å². The lowest BCUT2D eigenvalue weighted by Crippen LogP contribution is -2.42. The number of benzene rings is 2. The fraction of sp³-hybridized carbons (Fsp3) is 0.483. The van der Waals surface area contributed by atoms with Gasteiger partial charge in [0.15, 0.2) is 0 Å². The molecular formula is C29H34FN3O5. The van der Waals surface area contributed by atoms with Gasteiger partial charge in [0, 0.05) is 31.2 Å². The first-order valence-corrected chi connectivity index (χ1v) is 13.2. The zero-order chi connectivity index (χ0) is 27.0. The number of hydrogen-bond acceptors (Lipinski definition) is 5. The van der Waals surface area contributed by atoms with Crippen LogP contribution in [0.4, 0.5) is 14.9 Å². The Morgan fingerprint density at radius 2 is 1.89 bits per heavy atom. The molecule has 38 heavy (non-hydrogen) atoms. The minimum atomic E-state index is -1.02. The molecule has 2 atom stereocenters. The molecule has 0 spiro atoms. The Morgan fingerprint density at radius 3 is 2.55 bits per heavy atom. The topological polar surface area (TPSA) is 93.9 Å². The van der Waals surface area contributed by atoms with Crippen LogP contribution in [0, 0.1) is 5.82 Å². The number of hydrogen-bond donors (Lipinski definition) is 1. The quantitative estimate of drug-likeness (QED) is 0.451. The van der Waals surface area contributed by atoms with Crippen LogP contribution in [0.25, 0.3) is 11.0 Å². The summed E-state index contributed by atoms with van der Waals surface area (Å²) in [7, 11) is 3.11. The first-order valence-electron chi connectivity index (χ1n) is 13.2. The van der Waals surface area contributed by atoms with Crippen molar-refractivity contribution in [1.29, 1.82) is 0 Å². The predicted octanol–water partition coefficient (Wildman–Crippen LogP) is 5.62. The van der Waals surface area contributed by atoms with Crippen molar-refractivity contribution < 1.29 is 28.6 Å². The number of halogens is 1. The third kappa shape index (κ3) is 4.75. The summed E-state index contributed by atoms with van der Waals surface area (Å²) in [6, 6.07) is 9.85. The molecule has 1 amide bonds. The first-order chi connectivity index (χ1) is 18.3. The van der Waals surface area contributed by atoms with E-state index in [1.54, 1.807) is 18.1 Å². The van der Waals surface area contributed by atoms with Crippen molar-refractivity contribution in [3.8, 4) is 0 Å². The number of aliphatic carboxylic acids is 1. The fourth-order valence-corrected chi connectivity index (χ4v) is 6.17. The molecule has 2 heterocycles. The van der Waals surface area contributed by atoms with Crippen LogP contribution >= 0.6 is 0 Å². The van der Waals surface area contributed by atoms with Gasteiger partial charge in [-0.05, 0) is 75.3 Å². The van der Waals surface area contributed by atoms with Gasteiger partial charge < -0.3 is 19.1 Å². The average Bonchev–Trinajstić information content (AvgIpc) is 3.29. The zero-order valence-corrected chi connectivity index (χ0v) is 22.0. The van der Waals surface area contributed by atoms with E-state index in [9.17, 15) is 19.1 Å². The van der Waals surface area contributed by atoms with Gasteiger partial charge >= 0.3 is 12.1 Å². The predicted molar refractivity (Wildman–Crippen MR) is 141 cm³/mol. The summed E-state index contributed by atoms with van der Waals surface area (Å²) >= 11 is 0. The van der Waals surface area contributed by atoms with Crippen molar-refractivity contribution in [1.82, 2.24) is 9.55 Å². The van der Waals surface area contributed by atoms with E-state index in [4.69, 9.17) is 14.5 Å². The molecule has 1 aliphatic heterocycles. The second-order valence-corrected chi connectivity index (χ2v) is 10.4. The highest BCUT2D eigenvalue weighted by atomic mass is 19.1. The van der Waals surface area contributed by atoms with Crippen LogP contribution in [0.15, 0.2) is 36.4 Å². The van der Waals surface area contributed by atoms with Crippen molar-refractivity contribution in [3.05, 3.63) is 59.2 Å². The summed E-state index contributed by atoms with van der Waals surface area (Å²) in [6.07, 6.45) is 5.04. The van der Waals surface area contributed by atoms with E-state index < -0.39 is 23.8 Å². The molecule has 0 unspecified atom stereocenters. The number of carbonyl (C=O) groups is 2. The smallest absolute Gasteiger partial charge is 0.414 e. The highest BCUT2D eigenvalue weighted by Crippen LogP contribution is 2.40. The number of carbonyl (C=O) groups excluding carboxylic acids is 1. The fourth-order valence-electron chi connectivity index (χ4n) is 6.17. The largest absolute Gasteiger partial charge is 0.481 e. The van der Waals surface area contributed by atoms with Gasteiger partial charge in [-0.25, -0.2) is 14.2 Å². The van der Waals surface area contributed by atoms with Crippen molar-refractivity contribution in [3.63, 3.8) is 0 Å². The van der Waals surface area contributed by atoms with Crippen LogP contribution in [0.5, 0.6) is 0 Å². The lowest BCUT2D eigenvalue weighted by atomic mass is 9.91. The Labute approximate surface area is 221 Å². The number of amides is 1. The van der Waals surface area contributed by atoms with Crippen LogP contribution in [-0.4, -0.2) is 53.1 Å². The lowest BCUT2D eigenvalue weighted by Gasteiger charge is -2.34. The van der Waals surface area contributed by atoms with E-state index in [0.717, 1.165) is 60.8 Å². The number of aryl methyl sites for hydroxylation is 1. The Bertz CT molecular complexity index is 1350. The zero-order valence-electron chi connectivity index (χ0n) is 22.0. The highest BCUT2D eigenvalue weighted by Gasteiger charge is 2.34. The monoisotopic (exact) mass is 523 g/mol. The van der Waals surface area contributed by atoms with Crippen LogP contribution in [0.3, 0.4) is 0 Å². The van der Waals surface area contributed by atoms with Gasteiger partial charge in [-0.1, -0.05) is 12.1 Å². The van der Waals surface area contributed by atoms with Crippen LogP contribution in [-0.2, 0) is 27.1 Å². The molecule has 2 aromatic carbocycles. The number of aromatic nitrogens is 2. The molecule has 8 nitrogen and oxygen atoms in total. The average molecular weight is 524 g/mol. The molecule has 3 aromatic rings. The minimum absolute atomic E-state index is 0.0114. The SMILES string of the molecule is COC(=O)N1c2ccc3c(nc(C[C@H](C(=O)O)c4cccc(F)c4)n3[C@H]3CC[C@H](OC)CC3)c2CC[C@@H]1C. The standard InChI is InChI=1S/C29H34FN3O5/c1-17-7-12-22-24(32(17)29(36)38-3)13-14-25-27(22)31-26(33(25)20-8-10-21(37-2)11-9-20)16-23(28(34)35)18-5-4-6-19(30)15-18/h4-6,13-15,17,20-21,23H,7-12,16H2,1-3H3,(H,34,35)/t17-,20-,21-,23-/m0/s1. The van der Waals surface area contributed by atoms with Crippen molar-refractivity contribution in [2.75, 3.05) is 19.1 Å². The summed E-state index contributed by atoms with van der Waals surface area (Å²) in [6.45, 7) is 2.00. The molecule has 202 valence electrons. The number of fused-ring (bicyclic) bond motifs is 3. The van der Waals surface area contributed by atoms with E-state index >= 15 is 0 Å². The van der Waals surface area contributed by atoms with E-state index in [1.165, 1.54) is 25.3 Å². The summed E-state index contributed by atoms with van der Waals surface area (Å²) in [4.78, 5) is 31.7. The number of anilines is 1. The number of methoxy groups -OCH3 is 2. The van der Waals surface area contributed by atoms with Gasteiger partial charge in [-0.2, -0.15) is 0 Å². The van der Waals surface area contributed by atoms with Gasteiger partial charge in [-0.15, -0.1) is 0 Å². The molecular weight excluding hydrogens is 489 g/mol. The maximum atomic E-state index is 14.0.